The van der Waals surface area contributed by atoms with E-state index in [1.807, 2.05) is 20.8 Å². The Kier molecular flexibility index (Phi) is 7.55. The summed E-state index contributed by atoms with van der Waals surface area (Å²) in [7, 11) is 0. The molecular weight excluding hydrogens is 524 g/mol. The van der Waals surface area contributed by atoms with E-state index in [0.29, 0.717) is 40.4 Å². The number of carbonyl (C=O) groups excluding carboxylic acids is 3. The van der Waals surface area contributed by atoms with Gasteiger partial charge in [-0.25, -0.2) is 9.69 Å². The number of hydrogen-bond donors (Lipinski definition) is 1. The van der Waals surface area contributed by atoms with Gasteiger partial charge in [0.2, 0.25) is 0 Å². The molecule has 3 aromatic carbocycles. The van der Waals surface area contributed by atoms with Crippen LogP contribution in [-0.2, 0) is 16.2 Å². The molecule has 1 aliphatic rings. The summed E-state index contributed by atoms with van der Waals surface area (Å²) in [5.74, 6) is -0.498. The number of nitrogens with one attached hydrogen (secondary N) is 1. The minimum absolute atomic E-state index is 0.170. The van der Waals surface area contributed by atoms with Crippen LogP contribution in [-0.4, -0.2) is 24.5 Å². The highest BCUT2D eigenvalue weighted by molar-refractivity contribution is 9.10. The van der Waals surface area contributed by atoms with Crippen LogP contribution in [0.15, 0.2) is 70.7 Å². The fourth-order valence-electron chi connectivity index (χ4n) is 4.02. The summed E-state index contributed by atoms with van der Waals surface area (Å²) in [6.45, 7) is 6.66. The first kappa shape index (κ1) is 25.2. The Morgan fingerprint density at radius 3 is 2.31 bits per heavy atom. The Morgan fingerprint density at radius 1 is 0.944 bits per heavy atom. The largest absolute Gasteiger partial charge is 0.490 e. The van der Waals surface area contributed by atoms with E-state index >= 15 is 0 Å². The maximum absolute atomic E-state index is 13.1. The van der Waals surface area contributed by atoms with Gasteiger partial charge in [0.25, 0.3) is 11.8 Å². The van der Waals surface area contributed by atoms with Crippen molar-refractivity contribution in [2.24, 2.45) is 0 Å². The zero-order valence-electron chi connectivity index (χ0n) is 20.1. The molecule has 0 aromatic heterocycles. The van der Waals surface area contributed by atoms with E-state index < -0.39 is 17.8 Å². The van der Waals surface area contributed by atoms with E-state index in [4.69, 9.17) is 9.47 Å². The number of imide groups is 2. The third kappa shape index (κ3) is 5.49. The summed E-state index contributed by atoms with van der Waals surface area (Å²) in [4.78, 5) is 39.0. The lowest BCUT2D eigenvalue weighted by atomic mass is 10.1. The van der Waals surface area contributed by atoms with Crippen LogP contribution in [0.2, 0.25) is 0 Å². The molecule has 0 aliphatic carbocycles. The normalized spacial score (nSPS) is 14.7. The van der Waals surface area contributed by atoms with E-state index in [9.17, 15) is 14.4 Å². The van der Waals surface area contributed by atoms with Gasteiger partial charge in [0.15, 0.2) is 11.5 Å². The number of hydrogen-bond acceptors (Lipinski definition) is 5. The second-order valence-corrected chi connectivity index (χ2v) is 9.20. The average molecular weight is 549 g/mol. The van der Waals surface area contributed by atoms with E-state index in [0.717, 1.165) is 21.6 Å². The van der Waals surface area contributed by atoms with Gasteiger partial charge in [0.05, 0.1) is 16.8 Å². The van der Waals surface area contributed by atoms with Crippen molar-refractivity contribution >= 4 is 45.5 Å². The molecule has 1 saturated heterocycles. The number of nitrogens with zero attached hydrogens (tertiary/aromatic N) is 1. The van der Waals surface area contributed by atoms with Crippen LogP contribution in [0.3, 0.4) is 0 Å². The highest BCUT2D eigenvalue weighted by Gasteiger charge is 2.36. The van der Waals surface area contributed by atoms with Crippen LogP contribution in [0.4, 0.5) is 10.5 Å². The smallest absolute Gasteiger partial charge is 0.335 e. The number of ether oxygens (including phenoxy) is 2. The highest BCUT2D eigenvalue weighted by Crippen LogP contribution is 2.38. The maximum Gasteiger partial charge on any atom is 0.335 e. The van der Waals surface area contributed by atoms with Crippen LogP contribution < -0.4 is 19.7 Å². The van der Waals surface area contributed by atoms with Crippen molar-refractivity contribution in [1.29, 1.82) is 0 Å². The number of rotatable bonds is 7. The number of halogens is 1. The van der Waals surface area contributed by atoms with Crippen LogP contribution in [0.5, 0.6) is 11.5 Å². The molecule has 8 heteroatoms. The molecule has 0 spiro atoms. The van der Waals surface area contributed by atoms with Gasteiger partial charge in [-0.2, -0.15) is 0 Å². The number of anilines is 1. The number of urea groups is 1. The Labute approximate surface area is 217 Å². The minimum atomic E-state index is -0.792. The molecule has 4 rings (SSSR count). The number of carbonyl (C=O) groups is 3. The molecule has 1 N–H and O–H groups in total. The van der Waals surface area contributed by atoms with Crippen LogP contribution in [0.1, 0.15) is 29.2 Å². The fraction of sp³-hybridized carbons (Fsp3) is 0.179. The van der Waals surface area contributed by atoms with Gasteiger partial charge >= 0.3 is 6.03 Å². The number of barbiturate groups is 1. The van der Waals surface area contributed by atoms with Crippen molar-refractivity contribution in [3.05, 3.63) is 93.0 Å². The Bertz CT molecular complexity index is 1350. The van der Waals surface area contributed by atoms with Gasteiger partial charge in [0, 0.05) is 0 Å². The molecule has 1 aliphatic heterocycles. The second kappa shape index (κ2) is 10.8. The maximum atomic E-state index is 13.1. The second-order valence-electron chi connectivity index (χ2n) is 8.34. The summed E-state index contributed by atoms with van der Waals surface area (Å²) < 4.78 is 12.5. The third-order valence-corrected chi connectivity index (χ3v) is 6.01. The third-order valence-electron chi connectivity index (χ3n) is 5.42. The van der Waals surface area contributed by atoms with Crippen LogP contribution >= 0.6 is 15.9 Å². The summed E-state index contributed by atoms with van der Waals surface area (Å²) in [6.07, 6.45) is 1.43. The van der Waals surface area contributed by atoms with Gasteiger partial charge < -0.3 is 9.47 Å². The standard InChI is InChI=1S/C28H25BrN2O5/c1-4-35-24-15-19(14-23(29)25(24)36-16-20-11-17(2)10-18(3)12-20)13-22-26(32)30-28(34)31(27(22)33)21-8-6-5-7-9-21/h5-15H,4,16H2,1-3H3,(H,30,32,34)/b22-13+. The molecule has 0 unspecified atom stereocenters. The Hall–Kier alpha value is -3.91. The molecule has 3 aromatic rings. The summed E-state index contributed by atoms with van der Waals surface area (Å²) in [6, 6.07) is 17.3. The van der Waals surface area contributed by atoms with Crippen molar-refractivity contribution in [1.82, 2.24) is 5.32 Å². The molecule has 4 amide bonds. The van der Waals surface area contributed by atoms with Crippen LogP contribution in [0, 0.1) is 13.8 Å². The Balaban J connectivity index is 1.66. The van der Waals surface area contributed by atoms with Crippen molar-refractivity contribution in [2.75, 3.05) is 11.5 Å². The van der Waals surface area contributed by atoms with Crippen molar-refractivity contribution in [3.8, 4) is 11.5 Å². The lowest BCUT2D eigenvalue weighted by Gasteiger charge is -2.26. The summed E-state index contributed by atoms with van der Waals surface area (Å²) >= 11 is 3.54. The zero-order valence-corrected chi connectivity index (χ0v) is 21.7. The molecule has 0 saturated carbocycles. The summed E-state index contributed by atoms with van der Waals surface area (Å²) in [5, 5.41) is 2.23. The number of aryl methyl sites for hydroxylation is 2. The first-order valence-electron chi connectivity index (χ1n) is 11.4. The Morgan fingerprint density at radius 2 is 1.64 bits per heavy atom. The van der Waals surface area contributed by atoms with Gasteiger partial charge in [-0.05, 0) is 78.2 Å². The zero-order chi connectivity index (χ0) is 25.8. The predicted octanol–water partition coefficient (Wildman–Crippen LogP) is 5.71. The first-order valence-corrected chi connectivity index (χ1v) is 12.2. The number of para-hydroxylation sites is 1. The molecular formula is C28H25BrN2O5. The quantitative estimate of drug-likeness (QED) is 0.302. The molecule has 0 bridgehead atoms. The highest BCUT2D eigenvalue weighted by atomic mass is 79.9. The van der Waals surface area contributed by atoms with E-state index in [1.54, 1.807) is 42.5 Å². The topological polar surface area (TPSA) is 84.9 Å². The van der Waals surface area contributed by atoms with Gasteiger partial charge in [-0.15, -0.1) is 0 Å². The predicted molar refractivity (Wildman–Crippen MR) is 141 cm³/mol. The van der Waals surface area contributed by atoms with Gasteiger partial charge in [0.1, 0.15) is 12.2 Å². The lowest BCUT2D eigenvalue weighted by molar-refractivity contribution is -0.122. The first-order chi connectivity index (χ1) is 17.3. The number of amides is 4. The molecule has 7 nitrogen and oxygen atoms in total. The minimum Gasteiger partial charge on any atom is -0.490 e. The molecule has 1 heterocycles. The van der Waals surface area contributed by atoms with Crippen molar-refractivity contribution in [3.63, 3.8) is 0 Å². The number of benzene rings is 3. The van der Waals surface area contributed by atoms with Crippen molar-refractivity contribution < 1.29 is 23.9 Å². The molecule has 0 atom stereocenters. The SMILES string of the molecule is CCOc1cc(/C=C2\C(=O)NC(=O)N(c3ccccc3)C2=O)cc(Br)c1OCc1cc(C)cc(C)c1. The van der Waals surface area contributed by atoms with E-state index in [1.165, 1.54) is 6.08 Å². The van der Waals surface area contributed by atoms with E-state index in [2.05, 4.69) is 39.4 Å². The molecule has 0 radical (unpaired) electrons. The van der Waals surface area contributed by atoms with Gasteiger partial charge in [-0.1, -0.05) is 47.5 Å². The summed E-state index contributed by atoms with van der Waals surface area (Å²) in [5.41, 5.74) is 4.06. The van der Waals surface area contributed by atoms with Gasteiger partial charge in [-0.3, -0.25) is 14.9 Å². The lowest BCUT2D eigenvalue weighted by Crippen LogP contribution is -2.54. The van der Waals surface area contributed by atoms with Crippen molar-refractivity contribution in [2.45, 2.75) is 27.4 Å². The van der Waals surface area contributed by atoms with E-state index in [-0.39, 0.29) is 5.57 Å². The molecule has 1 fully saturated rings. The molecule has 184 valence electrons. The fourth-order valence-corrected chi connectivity index (χ4v) is 4.59. The monoisotopic (exact) mass is 548 g/mol. The average Bonchev–Trinajstić information content (AvgIpc) is 2.81. The molecule has 36 heavy (non-hydrogen) atoms. The van der Waals surface area contributed by atoms with Crippen LogP contribution in [0.25, 0.3) is 6.08 Å².